The highest BCUT2D eigenvalue weighted by molar-refractivity contribution is 7.12. The Balaban J connectivity index is 1.40. The topological polar surface area (TPSA) is 68.0 Å². The van der Waals surface area contributed by atoms with Crippen molar-refractivity contribution in [3.8, 4) is 0 Å². The number of hydrogen-bond acceptors (Lipinski definition) is 5. The molecule has 0 aromatic carbocycles. The summed E-state index contributed by atoms with van der Waals surface area (Å²) < 4.78 is 5.53. The Labute approximate surface area is 120 Å². The molecule has 4 rings (SSSR count). The maximum Gasteiger partial charge on any atom is 0.262 e. The maximum atomic E-state index is 12.2. The van der Waals surface area contributed by atoms with E-state index < -0.39 is 0 Å². The van der Waals surface area contributed by atoms with Crippen LogP contribution >= 0.6 is 11.3 Å². The zero-order valence-electron chi connectivity index (χ0n) is 11.0. The third-order valence-corrected chi connectivity index (χ3v) is 4.66. The fraction of sp³-hybridized carbons (Fsp3) is 0.500. The van der Waals surface area contributed by atoms with Gasteiger partial charge in [-0.2, -0.15) is 0 Å². The van der Waals surface area contributed by atoms with Crippen LogP contribution in [0.1, 0.15) is 64.5 Å². The van der Waals surface area contributed by atoms with E-state index >= 15 is 0 Å². The summed E-state index contributed by atoms with van der Waals surface area (Å²) in [5.41, 5.74) is 1.19. The fourth-order valence-electron chi connectivity index (χ4n) is 2.29. The van der Waals surface area contributed by atoms with Gasteiger partial charge in [0.15, 0.2) is 0 Å². The number of thiophene rings is 1. The van der Waals surface area contributed by atoms with E-state index in [2.05, 4.69) is 21.6 Å². The second-order valence-electron chi connectivity index (χ2n) is 5.47. The summed E-state index contributed by atoms with van der Waals surface area (Å²) in [6.45, 7) is 0.306. The highest BCUT2D eigenvalue weighted by Gasteiger charge is 2.30. The molecule has 2 aliphatic carbocycles. The third kappa shape index (κ3) is 2.35. The van der Waals surface area contributed by atoms with E-state index in [0.29, 0.717) is 30.2 Å². The SMILES string of the molecule is O=C(NCc1nnc(C2CC2)o1)c1sccc1C1CC1. The van der Waals surface area contributed by atoms with Gasteiger partial charge in [-0.15, -0.1) is 21.5 Å². The lowest BCUT2D eigenvalue weighted by molar-refractivity contribution is 0.0950. The van der Waals surface area contributed by atoms with Gasteiger partial charge in [0.05, 0.1) is 11.4 Å². The lowest BCUT2D eigenvalue weighted by Gasteiger charge is -2.03. The minimum Gasteiger partial charge on any atom is -0.423 e. The second kappa shape index (κ2) is 4.70. The van der Waals surface area contributed by atoms with Crippen LogP contribution in [0.5, 0.6) is 0 Å². The molecule has 20 heavy (non-hydrogen) atoms. The molecule has 0 atom stereocenters. The first-order valence-corrected chi connectivity index (χ1v) is 7.87. The molecule has 0 radical (unpaired) electrons. The fourth-order valence-corrected chi connectivity index (χ4v) is 3.19. The van der Waals surface area contributed by atoms with Crippen LogP contribution in [-0.4, -0.2) is 16.1 Å². The van der Waals surface area contributed by atoms with Crippen molar-refractivity contribution in [2.24, 2.45) is 0 Å². The van der Waals surface area contributed by atoms with E-state index in [9.17, 15) is 4.79 Å². The van der Waals surface area contributed by atoms with E-state index in [-0.39, 0.29) is 5.91 Å². The summed E-state index contributed by atoms with van der Waals surface area (Å²) in [6.07, 6.45) is 4.67. The van der Waals surface area contributed by atoms with Gasteiger partial charge in [0, 0.05) is 5.92 Å². The van der Waals surface area contributed by atoms with Crippen molar-refractivity contribution < 1.29 is 9.21 Å². The highest BCUT2D eigenvalue weighted by atomic mass is 32.1. The zero-order valence-corrected chi connectivity index (χ0v) is 11.8. The number of nitrogens with one attached hydrogen (secondary N) is 1. The number of nitrogens with zero attached hydrogens (tertiary/aromatic N) is 2. The van der Waals surface area contributed by atoms with Crippen LogP contribution in [0.2, 0.25) is 0 Å². The smallest absolute Gasteiger partial charge is 0.262 e. The molecule has 2 aliphatic rings. The molecule has 1 amide bonds. The molecule has 2 heterocycles. The molecular weight excluding hydrogens is 274 g/mol. The average Bonchev–Trinajstić information content (AvgIpc) is 3.39. The van der Waals surface area contributed by atoms with Gasteiger partial charge in [0.2, 0.25) is 11.8 Å². The predicted octanol–water partition coefficient (Wildman–Crippen LogP) is 2.82. The van der Waals surface area contributed by atoms with Crippen molar-refractivity contribution in [2.45, 2.75) is 44.1 Å². The van der Waals surface area contributed by atoms with E-state index in [1.807, 2.05) is 5.38 Å². The molecule has 2 saturated carbocycles. The Morgan fingerprint density at radius 1 is 1.30 bits per heavy atom. The molecule has 5 nitrogen and oxygen atoms in total. The van der Waals surface area contributed by atoms with E-state index in [0.717, 1.165) is 17.7 Å². The van der Waals surface area contributed by atoms with Crippen LogP contribution in [0.15, 0.2) is 15.9 Å². The zero-order chi connectivity index (χ0) is 13.5. The lowest BCUT2D eigenvalue weighted by Crippen LogP contribution is -2.22. The van der Waals surface area contributed by atoms with Crippen molar-refractivity contribution in [3.63, 3.8) is 0 Å². The van der Waals surface area contributed by atoms with Crippen molar-refractivity contribution >= 4 is 17.2 Å². The van der Waals surface area contributed by atoms with Crippen LogP contribution in [0.4, 0.5) is 0 Å². The normalized spacial score (nSPS) is 18.2. The summed E-state index contributed by atoms with van der Waals surface area (Å²) in [5.74, 6) is 2.21. The Kier molecular flexibility index (Phi) is 2.84. The third-order valence-electron chi connectivity index (χ3n) is 3.73. The first kappa shape index (κ1) is 12.1. The summed E-state index contributed by atoms with van der Waals surface area (Å²) in [5, 5.41) is 12.8. The Morgan fingerprint density at radius 2 is 2.10 bits per heavy atom. The van der Waals surface area contributed by atoms with E-state index in [1.54, 1.807) is 0 Å². The molecule has 0 aliphatic heterocycles. The molecule has 0 bridgehead atoms. The second-order valence-corrected chi connectivity index (χ2v) is 6.39. The Hall–Kier alpha value is -1.69. The molecular formula is C14H15N3O2S. The molecule has 2 fully saturated rings. The van der Waals surface area contributed by atoms with Crippen molar-refractivity contribution in [2.75, 3.05) is 0 Å². The summed E-state index contributed by atoms with van der Waals surface area (Å²) in [7, 11) is 0. The number of carbonyl (C=O) groups excluding carboxylic acids is 1. The summed E-state index contributed by atoms with van der Waals surface area (Å²) in [6, 6.07) is 2.06. The number of rotatable bonds is 5. The standard InChI is InChI=1S/C14H15N3O2S/c18-13(12-10(5-6-20-12)8-1-2-8)15-7-11-16-17-14(19-11)9-3-4-9/h5-6,8-9H,1-4,7H2,(H,15,18). The molecule has 0 spiro atoms. The van der Waals surface area contributed by atoms with Crippen LogP contribution in [-0.2, 0) is 6.54 Å². The number of hydrogen-bond donors (Lipinski definition) is 1. The monoisotopic (exact) mass is 289 g/mol. The van der Waals surface area contributed by atoms with Gasteiger partial charge < -0.3 is 9.73 Å². The van der Waals surface area contributed by atoms with Gasteiger partial charge in [0.25, 0.3) is 5.91 Å². The molecule has 0 saturated heterocycles. The van der Waals surface area contributed by atoms with Crippen LogP contribution in [0.3, 0.4) is 0 Å². The molecule has 2 aromatic rings. The van der Waals surface area contributed by atoms with Gasteiger partial charge in [-0.25, -0.2) is 0 Å². The van der Waals surface area contributed by atoms with Gasteiger partial charge in [0.1, 0.15) is 0 Å². The van der Waals surface area contributed by atoms with E-state index in [1.165, 1.54) is 29.7 Å². The summed E-state index contributed by atoms with van der Waals surface area (Å²) in [4.78, 5) is 13.0. The highest BCUT2D eigenvalue weighted by Crippen LogP contribution is 2.43. The van der Waals surface area contributed by atoms with Crippen LogP contribution in [0, 0.1) is 0 Å². The quantitative estimate of drug-likeness (QED) is 0.919. The van der Waals surface area contributed by atoms with Gasteiger partial charge >= 0.3 is 0 Å². The van der Waals surface area contributed by atoms with Gasteiger partial charge in [-0.1, -0.05) is 0 Å². The lowest BCUT2D eigenvalue weighted by atomic mass is 10.1. The van der Waals surface area contributed by atoms with Crippen molar-refractivity contribution in [1.29, 1.82) is 0 Å². The molecule has 2 aromatic heterocycles. The van der Waals surface area contributed by atoms with Crippen LogP contribution in [0.25, 0.3) is 0 Å². The molecule has 104 valence electrons. The Bertz CT molecular complexity index is 640. The number of aromatic nitrogens is 2. The van der Waals surface area contributed by atoms with E-state index in [4.69, 9.17) is 4.42 Å². The predicted molar refractivity (Wildman–Crippen MR) is 73.7 cm³/mol. The van der Waals surface area contributed by atoms with Gasteiger partial charge in [-0.3, -0.25) is 4.79 Å². The summed E-state index contributed by atoms with van der Waals surface area (Å²) >= 11 is 1.50. The first-order chi connectivity index (χ1) is 9.81. The largest absolute Gasteiger partial charge is 0.423 e. The average molecular weight is 289 g/mol. The van der Waals surface area contributed by atoms with Crippen LogP contribution < -0.4 is 5.32 Å². The number of carbonyl (C=O) groups is 1. The minimum absolute atomic E-state index is 0.0342. The number of amides is 1. The Morgan fingerprint density at radius 3 is 2.85 bits per heavy atom. The maximum absolute atomic E-state index is 12.2. The molecule has 6 heteroatoms. The van der Waals surface area contributed by atoms with Gasteiger partial charge in [-0.05, 0) is 48.6 Å². The first-order valence-electron chi connectivity index (χ1n) is 6.99. The molecule has 0 unspecified atom stereocenters. The van der Waals surface area contributed by atoms with Crippen molar-refractivity contribution in [1.82, 2.24) is 15.5 Å². The molecule has 1 N–H and O–H groups in total. The minimum atomic E-state index is -0.0342. The van der Waals surface area contributed by atoms with Crippen molar-refractivity contribution in [3.05, 3.63) is 33.7 Å².